The largest absolute Gasteiger partial charge is 0.354 e. The molecule has 0 aliphatic heterocycles. The van der Waals surface area contributed by atoms with E-state index in [-0.39, 0.29) is 18.0 Å². The van der Waals surface area contributed by atoms with Gasteiger partial charge in [0.05, 0.1) is 0 Å². The molecule has 0 unspecified atom stereocenters. The minimum Gasteiger partial charge on any atom is -0.354 e. The van der Waals surface area contributed by atoms with Crippen LogP contribution in [-0.4, -0.2) is 34.5 Å². The lowest BCUT2D eigenvalue weighted by molar-refractivity contribution is -0.121. The molecule has 0 fully saturated rings. The van der Waals surface area contributed by atoms with Gasteiger partial charge in [-0.1, -0.05) is 12.1 Å². The normalized spacial score (nSPS) is 10.3. The van der Waals surface area contributed by atoms with Crippen LogP contribution in [0.5, 0.6) is 0 Å². The van der Waals surface area contributed by atoms with E-state index in [9.17, 15) is 9.59 Å². The maximum Gasteiger partial charge on any atom is 0.319 e. The summed E-state index contributed by atoms with van der Waals surface area (Å²) in [7, 11) is 0. The predicted octanol–water partition coefficient (Wildman–Crippen LogP) is 2.12. The third-order valence-corrected chi connectivity index (χ3v) is 3.32. The van der Waals surface area contributed by atoms with E-state index in [1.807, 2.05) is 26.0 Å². The van der Waals surface area contributed by atoms with E-state index in [0.29, 0.717) is 31.1 Å². The lowest BCUT2D eigenvalue weighted by atomic mass is 10.2. The Morgan fingerprint density at radius 1 is 1.08 bits per heavy atom. The Labute approximate surface area is 152 Å². The average molecular weight is 356 g/mol. The summed E-state index contributed by atoms with van der Waals surface area (Å²) in [4.78, 5) is 31.5. The van der Waals surface area contributed by atoms with Crippen LogP contribution in [0.2, 0.25) is 0 Å². The predicted molar refractivity (Wildman–Crippen MR) is 101 cm³/mol. The van der Waals surface area contributed by atoms with Crippen molar-refractivity contribution in [3.63, 3.8) is 0 Å². The Balaban J connectivity index is 1.68. The second kappa shape index (κ2) is 9.97. The van der Waals surface area contributed by atoms with Gasteiger partial charge in [-0.2, -0.15) is 0 Å². The molecule has 1 aromatic carbocycles. The Morgan fingerprint density at radius 2 is 1.77 bits per heavy atom. The van der Waals surface area contributed by atoms with Gasteiger partial charge in [-0.3, -0.25) is 4.79 Å². The molecule has 0 atom stereocenters. The van der Waals surface area contributed by atoms with E-state index in [1.165, 1.54) is 0 Å². The molecule has 3 amide bonds. The Kier molecular flexibility index (Phi) is 7.35. The lowest BCUT2D eigenvalue weighted by Gasteiger charge is -2.11. The summed E-state index contributed by atoms with van der Waals surface area (Å²) in [6, 6.07) is 8.90. The van der Waals surface area contributed by atoms with E-state index in [0.717, 1.165) is 5.56 Å². The maximum absolute atomic E-state index is 11.9. The van der Waals surface area contributed by atoms with Gasteiger partial charge in [0, 0.05) is 43.6 Å². The highest BCUT2D eigenvalue weighted by atomic mass is 16.2. The molecule has 1 aromatic heterocycles. The van der Waals surface area contributed by atoms with Gasteiger partial charge >= 0.3 is 6.03 Å². The smallest absolute Gasteiger partial charge is 0.319 e. The molecule has 0 aliphatic rings. The number of nitrogens with one attached hydrogen (secondary N) is 4. The van der Waals surface area contributed by atoms with Gasteiger partial charge < -0.3 is 21.3 Å². The standard InChI is InChI=1S/C18H24N6O2/c1-13(2)23-18(26)24-15-6-4-14(5-7-15)12-22-16(25)8-11-21-17-19-9-3-10-20-17/h3-7,9-10,13H,8,11-12H2,1-2H3,(H,22,25)(H,19,20,21)(H2,23,24,26). The van der Waals surface area contributed by atoms with Crippen LogP contribution in [0, 0.1) is 0 Å². The molecule has 26 heavy (non-hydrogen) atoms. The number of amides is 3. The van der Waals surface area contributed by atoms with Crippen molar-refractivity contribution in [1.29, 1.82) is 0 Å². The van der Waals surface area contributed by atoms with E-state index in [2.05, 4.69) is 31.2 Å². The highest BCUT2D eigenvalue weighted by Crippen LogP contribution is 2.09. The topological polar surface area (TPSA) is 108 Å². The molecule has 0 saturated heterocycles. The van der Waals surface area contributed by atoms with Crippen LogP contribution >= 0.6 is 0 Å². The quantitative estimate of drug-likeness (QED) is 0.579. The second-order valence-electron chi connectivity index (χ2n) is 5.98. The lowest BCUT2D eigenvalue weighted by Crippen LogP contribution is -2.34. The Hall–Kier alpha value is -3.16. The number of hydrogen-bond acceptors (Lipinski definition) is 5. The van der Waals surface area contributed by atoms with Crippen molar-refractivity contribution in [2.75, 3.05) is 17.2 Å². The molecule has 0 saturated carbocycles. The van der Waals surface area contributed by atoms with Crippen molar-refractivity contribution in [3.8, 4) is 0 Å². The van der Waals surface area contributed by atoms with Crippen molar-refractivity contribution in [2.45, 2.75) is 32.9 Å². The first kappa shape index (κ1) is 19.2. The highest BCUT2D eigenvalue weighted by molar-refractivity contribution is 5.89. The maximum atomic E-state index is 11.9. The van der Waals surface area contributed by atoms with Crippen LogP contribution in [0.15, 0.2) is 42.7 Å². The number of carbonyl (C=O) groups is 2. The first-order chi connectivity index (χ1) is 12.5. The molecular weight excluding hydrogens is 332 g/mol. The van der Waals surface area contributed by atoms with Gasteiger partial charge in [0.2, 0.25) is 11.9 Å². The fourth-order valence-electron chi connectivity index (χ4n) is 2.10. The van der Waals surface area contributed by atoms with Gasteiger partial charge in [-0.15, -0.1) is 0 Å². The fraction of sp³-hybridized carbons (Fsp3) is 0.333. The number of urea groups is 1. The van der Waals surface area contributed by atoms with Crippen LogP contribution in [-0.2, 0) is 11.3 Å². The molecule has 1 heterocycles. The summed E-state index contributed by atoms with van der Waals surface area (Å²) in [5, 5.41) is 11.3. The van der Waals surface area contributed by atoms with Crippen molar-refractivity contribution in [1.82, 2.24) is 20.6 Å². The third-order valence-electron chi connectivity index (χ3n) is 3.32. The van der Waals surface area contributed by atoms with Crippen molar-refractivity contribution >= 4 is 23.6 Å². The number of carbonyl (C=O) groups excluding carboxylic acids is 2. The Morgan fingerprint density at radius 3 is 2.42 bits per heavy atom. The molecule has 2 rings (SSSR count). The summed E-state index contributed by atoms with van der Waals surface area (Å²) in [5.41, 5.74) is 1.65. The first-order valence-electron chi connectivity index (χ1n) is 8.47. The molecule has 0 bridgehead atoms. The van der Waals surface area contributed by atoms with Crippen LogP contribution < -0.4 is 21.3 Å². The summed E-state index contributed by atoms with van der Waals surface area (Å²) in [5.74, 6) is 0.442. The van der Waals surface area contributed by atoms with Crippen LogP contribution in [0.3, 0.4) is 0 Å². The minimum atomic E-state index is -0.240. The van der Waals surface area contributed by atoms with Crippen molar-refractivity contribution in [3.05, 3.63) is 48.3 Å². The molecule has 8 heteroatoms. The van der Waals surface area contributed by atoms with Crippen molar-refractivity contribution < 1.29 is 9.59 Å². The van der Waals surface area contributed by atoms with Gasteiger partial charge in [-0.05, 0) is 37.6 Å². The van der Waals surface area contributed by atoms with Crippen LogP contribution in [0.25, 0.3) is 0 Å². The molecule has 2 aromatic rings. The number of rotatable bonds is 8. The molecule has 4 N–H and O–H groups in total. The third kappa shape index (κ3) is 7.16. The zero-order chi connectivity index (χ0) is 18.8. The first-order valence-corrected chi connectivity index (χ1v) is 8.47. The SMILES string of the molecule is CC(C)NC(=O)Nc1ccc(CNC(=O)CCNc2ncccn2)cc1. The van der Waals surface area contributed by atoms with Gasteiger partial charge in [0.25, 0.3) is 0 Å². The van der Waals surface area contributed by atoms with Gasteiger partial charge in [0.1, 0.15) is 0 Å². The number of anilines is 2. The highest BCUT2D eigenvalue weighted by Gasteiger charge is 2.04. The number of hydrogen-bond donors (Lipinski definition) is 4. The average Bonchev–Trinajstić information content (AvgIpc) is 2.61. The van der Waals surface area contributed by atoms with E-state index in [4.69, 9.17) is 0 Å². The minimum absolute atomic E-state index is 0.0630. The van der Waals surface area contributed by atoms with E-state index in [1.54, 1.807) is 30.6 Å². The molecule has 0 radical (unpaired) electrons. The van der Waals surface area contributed by atoms with E-state index < -0.39 is 0 Å². The molecule has 8 nitrogen and oxygen atoms in total. The summed E-state index contributed by atoms with van der Waals surface area (Å²) < 4.78 is 0. The van der Waals surface area contributed by atoms with Gasteiger partial charge in [0.15, 0.2) is 0 Å². The van der Waals surface area contributed by atoms with Gasteiger partial charge in [-0.25, -0.2) is 14.8 Å². The second-order valence-corrected chi connectivity index (χ2v) is 5.98. The number of benzene rings is 1. The molecule has 0 spiro atoms. The zero-order valence-corrected chi connectivity index (χ0v) is 15.0. The fourth-order valence-corrected chi connectivity index (χ4v) is 2.10. The number of aromatic nitrogens is 2. The summed E-state index contributed by atoms with van der Waals surface area (Å²) >= 11 is 0. The summed E-state index contributed by atoms with van der Waals surface area (Å²) in [6.07, 6.45) is 3.61. The van der Waals surface area contributed by atoms with Crippen LogP contribution in [0.4, 0.5) is 16.4 Å². The van der Waals surface area contributed by atoms with Crippen molar-refractivity contribution in [2.24, 2.45) is 0 Å². The van der Waals surface area contributed by atoms with Crippen LogP contribution in [0.1, 0.15) is 25.8 Å². The molecule has 0 aliphatic carbocycles. The Bertz CT molecular complexity index is 703. The monoisotopic (exact) mass is 356 g/mol. The van der Waals surface area contributed by atoms with E-state index >= 15 is 0 Å². The molecular formula is C18H24N6O2. The number of nitrogens with zero attached hydrogens (tertiary/aromatic N) is 2. The molecule has 138 valence electrons. The zero-order valence-electron chi connectivity index (χ0n) is 15.0. The summed E-state index contributed by atoms with van der Waals surface area (Å²) in [6.45, 7) is 4.68.